The molecule has 33 heavy (non-hydrogen) atoms. The number of carbonyl (C=O) groups excluding carboxylic acids is 1. The van der Waals surface area contributed by atoms with Gasteiger partial charge in [0, 0.05) is 0 Å². The molecule has 0 heterocycles. The quantitative estimate of drug-likeness (QED) is 0.496. The molecule has 1 amide bonds. The van der Waals surface area contributed by atoms with Gasteiger partial charge in [-0.2, -0.15) is 0 Å². The zero-order valence-electron chi connectivity index (χ0n) is 18.8. The number of methoxy groups -OCH3 is 1. The second kappa shape index (κ2) is 10.5. The Morgan fingerprint density at radius 3 is 2.30 bits per heavy atom. The average molecular weight is 471 g/mol. The van der Waals surface area contributed by atoms with Crippen molar-refractivity contribution in [2.45, 2.75) is 31.2 Å². The summed E-state index contributed by atoms with van der Waals surface area (Å²) in [5.41, 5.74) is 2.02. The Morgan fingerprint density at radius 1 is 1.06 bits per heavy atom. The summed E-state index contributed by atoms with van der Waals surface area (Å²) in [5.74, 6) is -0.225. The third kappa shape index (κ3) is 5.70. The number of benzene rings is 3. The van der Waals surface area contributed by atoms with E-state index in [1.54, 1.807) is 25.3 Å². The van der Waals surface area contributed by atoms with Crippen LogP contribution in [0.4, 0.5) is 10.1 Å². The first-order valence-corrected chi connectivity index (χ1v) is 12.0. The molecule has 6 nitrogen and oxygen atoms in total. The third-order valence-corrected chi connectivity index (χ3v) is 7.09. The van der Waals surface area contributed by atoms with Crippen molar-refractivity contribution in [1.82, 2.24) is 5.32 Å². The summed E-state index contributed by atoms with van der Waals surface area (Å²) in [6.45, 7) is 3.40. The first-order chi connectivity index (χ1) is 15.8. The van der Waals surface area contributed by atoms with E-state index in [1.807, 2.05) is 32.0 Å². The van der Waals surface area contributed by atoms with Crippen molar-refractivity contribution >= 4 is 21.6 Å². The van der Waals surface area contributed by atoms with Crippen molar-refractivity contribution in [1.29, 1.82) is 0 Å². The maximum absolute atomic E-state index is 13.5. The van der Waals surface area contributed by atoms with Crippen molar-refractivity contribution in [2.75, 3.05) is 18.0 Å². The maximum Gasteiger partial charge on any atom is 0.264 e. The molecular weight excluding hydrogens is 443 g/mol. The minimum absolute atomic E-state index is 0.0416. The monoisotopic (exact) mass is 470 g/mol. The number of amides is 1. The highest BCUT2D eigenvalue weighted by atomic mass is 32.2. The van der Waals surface area contributed by atoms with E-state index in [0.29, 0.717) is 6.42 Å². The number of anilines is 1. The summed E-state index contributed by atoms with van der Waals surface area (Å²) in [5, 5.41) is 2.92. The van der Waals surface area contributed by atoms with E-state index in [-0.39, 0.29) is 16.6 Å². The number of hydrogen-bond donors (Lipinski definition) is 1. The molecule has 0 bridgehead atoms. The Balaban J connectivity index is 1.88. The van der Waals surface area contributed by atoms with Gasteiger partial charge in [0.25, 0.3) is 10.0 Å². The molecule has 0 saturated heterocycles. The number of halogens is 1. The number of nitrogens with zero attached hydrogens (tertiary/aromatic N) is 1. The molecule has 0 radical (unpaired) electrons. The van der Waals surface area contributed by atoms with Gasteiger partial charge in [-0.1, -0.05) is 37.3 Å². The van der Waals surface area contributed by atoms with Gasteiger partial charge in [-0.05, 0) is 66.9 Å². The molecule has 0 aliphatic heterocycles. The van der Waals surface area contributed by atoms with Gasteiger partial charge in [-0.15, -0.1) is 0 Å². The van der Waals surface area contributed by atoms with Crippen molar-refractivity contribution in [3.05, 3.63) is 89.7 Å². The van der Waals surface area contributed by atoms with Crippen LogP contribution in [0.5, 0.6) is 5.75 Å². The molecule has 1 atom stereocenters. The van der Waals surface area contributed by atoms with Crippen LogP contribution in [0.3, 0.4) is 0 Å². The maximum atomic E-state index is 13.5. The van der Waals surface area contributed by atoms with E-state index in [1.165, 1.54) is 24.3 Å². The Labute approximate surface area is 194 Å². The largest absolute Gasteiger partial charge is 0.496 e. The fourth-order valence-electron chi connectivity index (χ4n) is 3.55. The molecule has 3 aromatic rings. The van der Waals surface area contributed by atoms with Gasteiger partial charge in [-0.3, -0.25) is 9.10 Å². The number of rotatable bonds is 9. The summed E-state index contributed by atoms with van der Waals surface area (Å²) in [6, 6.07) is 18.2. The summed E-state index contributed by atoms with van der Waals surface area (Å²) in [4.78, 5) is 13.0. The molecule has 3 rings (SSSR count). The lowest BCUT2D eigenvalue weighted by Crippen LogP contribution is -2.42. The SMILES string of the molecule is CC[C@@H](NC(=O)CN(c1ccc(F)cc1)S(=O)(=O)c1ccccc1)c1ccc(OC)c(C)c1. The summed E-state index contributed by atoms with van der Waals surface area (Å²) < 4.78 is 46.4. The highest BCUT2D eigenvalue weighted by molar-refractivity contribution is 7.92. The topological polar surface area (TPSA) is 75.7 Å². The Kier molecular flexibility index (Phi) is 7.71. The van der Waals surface area contributed by atoms with Crippen LogP contribution < -0.4 is 14.4 Å². The van der Waals surface area contributed by atoms with E-state index in [2.05, 4.69) is 5.32 Å². The minimum atomic E-state index is -4.05. The predicted molar refractivity (Wildman–Crippen MR) is 126 cm³/mol. The molecule has 8 heteroatoms. The van der Waals surface area contributed by atoms with Crippen molar-refractivity contribution in [2.24, 2.45) is 0 Å². The second-order valence-corrected chi connectivity index (χ2v) is 9.42. The van der Waals surface area contributed by atoms with Crippen LogP contribution in [0, 0.1) is 12.7 Å². The van der Waals surface area contributed by atoms with Crippen molar-refractivity contribution in [3.63, 3.8) is 0 Å². The standard InChI is InChI=1S/C25H27FN2O4S/c1-4-23(19-10-15-24(32-3)18(2)16-19)27-25(29)17-28(21-13-11-20(26)12-14-21)33(30,31)22-8-6-5-7-9-22/h5-16,23H,4,17H2,1-3H3,(H,27,29)/t23-/m1/s1. The second-order valence-electron chi connectivity index (χ2n) is 7.56. The first-order valence-electron chi connectivity index (χ1n) is 10.5. The Bertz CT molecular complexity index is 1200. The van der Waals surface area contributed by atoms with Gasteiger partial charge in [0.1, 0.15) is 18.1 Å². The molecule has 0 saturated carbocycles. The van der Waals surface area contributed by atoms with Crippen LogP contribution in [0.2, 0.25) is 0 Å². The molecule has 0 aromatic heterocycles. The first kappa shape index (κ1) is 24.3. The average Bonchev–Trinajstić information content (AvgIpc) is 2.82. The van der Waals surface area contributed by atoms with E-state index in [9.17, 15) is 17.6 Å². The fourth-order valence-corrected chi connectivity index (χ4v) is 4.99. The zero-order valence-corrected chi connectivity index (χ0v) is 19.6. The summed E-state index contributed by atoms with van der Waals surface area (Å²) >= 11 is 0. The lowest BCUT2D eigenvalue weighted by Gasteiger charge is -2.26. The minimum Gasteiger partial charge on any atom is -0.496 e. The van der Waals surface area contributed by atoms with Gasteiger partial charge in [0.2, 0.25) is 5.91 Å². The van der Waals surface area contributed by atoms with Crippen LogP contribution in [0.1, 0.15) is 30.5 Å². The number of nitrogens with one attached hydrogen (secondary N) is 1. The van der Waals surface area contributed by atoms with Crippen LogP contribution >= 0.6 is 0 Å². The summed E-state index contributed by atoms with van der Waals surface area (Å²) in [7, 11) is -2.46. The van der Waals surface area contributed by atoms with E-state index >= 15 is 0 Å². The highest BCUT2D eigenvalue weighted by Crippen LogP contribution is 2.26. The predicted octanol–water partition coefficient (Wildman–Crippen LogP) is 4.61. The normalized spacial score (nSPS) is 12.1. The number of sulfonamides is 1. The van der Waals surface area contributed by atoms with Crippen LogP contribution in [0.25, 0.3) is 0 Å². The van der Waals surface area contributed by atoms with E-state index < -0.39 is 28.3 Å². The lowest BCUT2D eigenvalue weighted by molar-refractivity contribution is -0.120. The van der Waals surface area contributed by atoms with E-state index in [4.69, 9.17) is 4.74 Å². The highest BCUT2D eigenvalue weighted by Gasteiger charge is 2.28. The van der Waals surface area contributed by atoms with E-state index in [0.717, 1.165) is 33.3 Å². The number of hydrogen-bond acceptors (Lipinski definition) is 4. The molecule has 174 valence electrons. The molecular formula is C25H27FN2O4S. The van der Waals surface area contributed by atoms with Crippen molar-refractivity contribution < 1.29 is 22.3 Å². The molecule has 1 N–H and O–H groups in total. The number of aryl methyl sites for hydroxylation is 1. The number of ether oxygens (including phenoxy) is 1. The van der Waals surface area contributed by atoms with Crippen LogP contribution in [-0.2, 0) is 14.8 Å². The van der Waals surface area contributed by atoms with Gasteiger partial charge >= 0.3 is 0 Å². The van der Waals surface area contributed by atoms with Gasteiger partial charge < -0.3 is 10.1 Å². The molecule has 0 aliphatic carbocycles. The molecule has 3 aromatic carbocycles. The smallest absolute Gasteiger partial charge is 0.264 e. The van der Waals surface area contributed by atoms with Gasteiger partial charge in [-0.25, -0.2) is 12.8 Å². The molecule has 0 unspecified atom stereocenters. The van der Waals surface area contributed by atoms with Gasteiger partial charge in [0.05, 0.1) is 23.7 Å². The van der Waals surface area contributed by atoms with Crippen molar-refractivity contribution in [3.8, 4) is 5.75 Å². The summed E-state index contributed by atoms with van der Waals surface area (Å²) in [6.07, 6.45) is 0.611. The Morgan fingerprint density at radius 2 is 1.73 bits per heavy atom. The lowest BCUT2D eigenvalue weighted by atomic mass is 10.0. The number of carbonyl (C=O) groups is 1. The van der Waals surface area contributed by atoms with Crippen LogP contribution in [-0.4, -0.2) is 28.0 Å². The fraction of sp³-hybridized carbons (Fsp3) is 0.240. The molecule has 0 aliphatic rings. The third-order valence-electron chi connectivity index (χ3n) is 5.30. The molecule has 0 fully saturated rings. The Hall–Kier alpha value is -3.39. The zero-order chi connectivity index (χ0) is 24.0. The van der Waals surface area contributed by atoms with Crippen LogP contribution in [0.15, 0.2) is 77.7 Å². The molecule has 0 spiro atoms. The van der Waals surface area contributed by atoms with Gasteiger partial charge in [0.15, 0.2) is 0 Å².